The largest absolute Gasteiger partial charge is 0.419 e. The van der Waals surface area contributed by atoms with Crippen molar-refractivity contribution in [2.45, 2.75) is 44.0 Å². The van der Waals surface area contributed by atoms with Crippen LogP contribution in [-0.4, -0.2) is 28.3 Å². The average molecular weight is 339 g/mol. The van der Waals surface area contributed by atoms with Gasteiger partial charge in [-0.05, 0) is 13.8 Å². The Morgan fingerprint density at radius 1 is 1.29 bits per heavy atom. The predicted molar refractivity (Wildman–Crippen MR) is 87.4 cm³/mol. The number of rotatable bonds is 2. The van der Waals surface area contributed by atoms with Crippen LogP contribution in [0.1, 0.15) is 27.7 Å². The minimum atomic E-state index is -4.52. The molecule has 0 radical (unpaired) electrons. The summed E-state index contributed by atoms with van der Waals surface area (Å²) in [5, 5.41) is 0. The number of halogens is 3. The first-order valence-electron chi connectivity index (χ1n) is 6.49. The Bertz CT molecular complexity index is 490. The summed E-state index contributed by atoms with van der Waals surface area (Å²) in [6.45, 7) is 6.94. The maximum absolute atomic E-state index is 13.0. The van der Waals surface area contributed by atoms with Gasteiger partial charge in [0, 0.05) is 23.7 Å². The molecule has 0 saturated carbocycles. The fourth-order valence-electron chi connectivity index (χ4n) is 1.77. The molecule has 8 heteroatoms. The molecule has 120 valence electrons. The van der Waals surface area contributed by atoms with Crippen LogP contribution in [0.3, 0.4) is 0 Å². The van der Waals surface area contributed by atoms with E-state index in [9.17, 15) is 13.2 Å². The molecule has 0 aliphatic carbocycles. The summed E-state index contributed by atoms with van der Waals surface area (Å²) in [6.07, 6.45) is -3.76. The quantitative estimate of drug-likeness (QED) is 0.523. The van der Waals surface area contributed by atoms with E-state index >= 15 is 0 Å². The number of hydrogen-bond acceptors (Lipinski definition) is 4. The zero-order chi connectivity index (χ0) is 16.6. The molecule has 0 aromatic heterocycles. The molecule has 0 fully saturated rings. The fourth-order valence-corrected chi connectivity index (χ4v) is 1.88. The van der Waals surface area contributed by atoms with Crippen LogP contribution in [0.25, 0.3) is 0 Å². The fraction of sp³-hybridized carbons (Fsp3) is 0.692. The first-order chi connectivity index (χ1) is 9.35. The summed E-state index contributed by atoms with van der Waals surface area (Å²) < 4.78 is 38.2. The molecule has 1 aliphatic rings. The third-order valence-corrected chi connectivity index (χ3v) is 4.45. The SMILES string of the molecule is CC1C(=NC(C)C(C)(S)S)N=CC(C(F)(F)F)=C(N)C1C. The Balaban J connectivity index is 3.25. The minimum absolute atomic E-state index is 0.212. The Morgan fingerprint density at radius 3 is 2.24 bits per heavy atom. The molecule has 3 unspecified atom stereocenters. The van der Waals surface area contributed by atoms with E-state index in [1.165, 1.54) is 0 Å². The second-order valence-electron chi connectivity index (χ2n) is 5.46. The molecule has 1 heterocycles. The van der Waals surface area contributed by atoms with E-state index < -0.39 is 21.7 Å². The third-order valence-electron chi connectivity index (χ3n) is 3.71. The number of nitrogens with zero attached hydrogens (tertiary/aromatic N) is 2. The normalized spacial score (nSPS) is 28.0. The van der Waals surface area contributed by atoms with Crippen molar-refractivity contribution >= 4 is 37.3 Å². The van der Waals surface area contributed by atoms with Crippen LogP contribution in [0.2, 0.25) is 0 Å². The molecule has 3 nitrogen and oxygen atoms in total. The standard InChI is InChI=1S/C13H20F3N3S2/c1-6-7(2)11(19-8(3)12(4,20)21)18-5-9(10(6)17)13(14,15)16/h5-8,20-21H,17H2,1-4H3. The van der Waals surface area contributed by atoms with Crippen LogP contribution in [0.15, 0.2) is 21.3 Å². The van der Waals surface area contributed by atoms with Crippen LogP contribution in [-0.2, 0) is 0 Å². The van der Waals surface area contributed by atoms with Gasteiger partial charge in [-0.2, -0.15) is 38.4 Å². The van der Waals surface area contributed by atoms with Gasteiger partial charge >= 0.3 is 6.18 Å². The summed E-state index contributed by atoms with van der Waals surface area (Å²) in [5.41, 5.74) is 4.55. The lowest BCUT2D eigenvalue weighted by molar-refractivity contribution is -0.0868. The zero-order valence-electron chi connectivity index (χ0n) is 12.3. The third kappa shape index (κ3) is 4.42. The Kier molecular flexibility index (Phi) is 5.47. The smallest absolute Gasteiger partial charge is 0.401 e. The monoisotopic (exact) mass is 339 g/mol. The number of nitrogens with two attached hydrogens (primary N) is 1. The van der Waals surface area contributed by atoms with Gasteiger partial charge in [-0.1, -0.05) is 13.8 Å². The van der Waals surface area contributed by atoms with E-state index in [2.05, 4.69) is 35.2 Å². The zero-order valence-corrected chi connectivity index (χ0v) is 14.1. The van der Waals surface area contributed by atoms with Crippen molar-refractivity contribution in [2.24, 2.45) is 27.6 Å². The van der Waals surface area contributed by atoms with Gasteiger partial charge in [0.05, 0.1) is 15.7 Å². The van der Waals surface area contributed by atoms with Crippen LogP contribution in [0, 0.1) is 11.8 Å². The van der Waals surface area contributed by atoms with Crippen LogP contribution in [0.4, 0.5) is 13.2 Å². The van der Waals surface area contributed by atoms with E-state index in [1.54, 1.807) is 27.7 Å². The highest BCUT2D eigenvalue weighted by Gasteiger charge is 2.39. The van der Waals surface area contributed by atoms with Gasteiger partial charge in [-0.25, -0.2) is 4.99 Å². The lowest BCUT2D eigenvalue weighted by Gasteiger charge is -2.24. The second-order valence-corrected chi connectivity index (χ2v) is 7.67. The average Bonchev–Trinajstić information content (AvgIpc) is 2.41. The molecule has 0 aromatic carbocycles. The van der Waals surface area contributed by atoms with Gasteiger partial charge < -0.3 is 5.73 Å². The van der Waals surface area contributed by atoms with Crippen LogP contribution < -0.4 is 5.73 Å². The van der Waals surface area contributed by atoms with Crippen LogP contribution >= 0.6 is 25.3 Å². The van der Waals surface area contributed by atoms with Crippen molar-refractivity contribution in [3.05, 3.63) is 11.3 Å². The van der Waals surface area contributed by atoms with Crippen molar-refractivity contribution < 1.29 is 13.2 Å². The molecular formula is C13H20F3N3S2. The molecular weight excluding hydrogens is 319 g/mol. The van der Waals surface area contributed by atoms with Gasteiger partial charge in [0.2, 0.25) is 0 Å². The molecule has 0 spiro atoms. The number of allylic oxidation sites excluding steroid dienone is 2. The van der Waals surface area contributed by atoms with Crippen molar-refractivity contribution in [2.75, 3.05) is 0 Å². The highest BCUT2D eigenvalue weighted by atomic mass is 32.2. The number of thiol groups is 2. The van der Waals surface area contributed by atoms with Gasteiger partial charge in [-0.15, -0.1) is 0 Å². The topological polar surface area (TPSA) is 50.7 Å². The predicted octanol–water partition coefficient (Wildman–Crippen LogP) is 3.48. The number of aliphatic imine (C=N–C) groups is 2. The first-order valence-corrected chi connectivity index (χ1v) is 7.38. The molecule has 2 N–H and O–H groups in total. The Hall–Kier alpha value is -0.630. The van der Waals surface area contributed by atoms with Gasteiger partial charge in [-0.3, -0.25) is 4.99 Å². The first kappa shape index (κ1) is 18.4. The van der Waals surface area contributed by atoms with Crippen molar-refractivity contribution in [3.8, 4) is 0 Å². The molecule has 1 aliphatic heterocycles. The van der Waals surface area contributed by atoms with Gasteiger partial charge in [0.15, 0.2) is 0 Å². The number of hydrogen-bond donors (Lipinski definition) is 3. The summed E-state index contributed by atoms with van der Waals surface area (Å²) >= 11 is 8.60. The number of amidine groups is 1. The molecule has 0 saturated heterocycles. The van der Waals surface area contributed by atoms with Gasteiger partial charge in [0.1, 0.15) is 5.84 Å². The molecule has 1 rings (SSSR count). The highest BCUT2D eigenvalue weighted by Crippen LogP contribution is 2.33. The molecule has 0 aromatic rings. The highest BCUT2D eigenvalue weighted by molar-refractivity contribution is 8.00. The van der Waals surface area contributed by atoms with E-state index in [0.29, 0.717) is 5.84 Å². The van der Waals surface area contributed by atoms with Gasteiger partial charge in [0.25, 0.3) is 0 Å². The molecule has 3 atom stereocenters. The Morgan fingerprint density at radius 2 is 1.81 bits per heavy atom. The molecule has 21 heavy (non-hydrogen) atoms. The molecule has 0 bridgehead atoms. The van der Waals surface area contributed by atoms with E-state index in [-0.39, 0.29) is 17.7 Å². The minimum Gasteiger partial charge on any atom is -0.401 e. The Labute approximate surface area is 133 Å². The van der Waals surface area contributed by atoms with Crippen molar-refractivity contribution in [1.29, 1.82) is 0 Å². The summed E-state index contributed by atoms with van der Waals surface area (Å²) in [5.74, 6) is -0.514. The van der Waals surface area contributed by atoms with E-state index in [0.717, 1.165) is 6.21 Å². The maximum atomic E-state index is 13.0. The summed E-state index contributed by atoms with van der Waals surface area (Å²) in [4.78, 5) is 8.27. The van der Waals surface area contributed by atoms with Crippen molar-refractivity contribution in [3.63, 3.8) is 0 Å². The lowest BCUT2D eigenvalue weighted by Crippen LogP contribution is -2.28. The van der Waals surface area contributed by atoms with E-state index in [1.807, 2.05) is 0 Å². The van der Waals surface area contributed by atoms with Crippen molar-refractivity contribution in [1.82, 2.24) is 0 Å². The number of alkyl halides is 3. The lowest BCUT2D eigenvalue weighted by atomic mass is 9.90. The summed E-state index contributed by atoms with van der Waals surface area (Å²) in [6, 6.07) is -0.320. The second kappa shape index (κ2) is 6.24. The maximum Gasteiger partial charge on any atom is 0.419 e. The van der Waals surface area contributed by atoms with E-state index in [4.69, 9.17) is 5.73 Å². The summed E-state index contributed by atoms with van der Waals surface area (Å²) in [7, 11) is 0. The molecule has 0 amide bonds. The van der Waals surface area contributed by atoms with Crippen LogP contribution in [0.5, 0.6) is 0 Å².